The van der Waals surface area contributed by atoms with E-state index in [-0.39, 0.29) is 36.5 Å². The molecule has 38 heavy (non-hydrogen) atoms. The molecule has 3 amide bonds. The minimum Gasteiger partial charge on any atom is -0.386 e. The third-order valence-electron chi connectivity index (χ3n) is 6.82. The third-order valence-corrected chi connectivity index (χ3v) is 6.82. The van der Waals surface area contributed by atoms with Gasteiger partial charge < -0.3 is 39.7 Å². The van der Waals surface area contributed by atoms with Crippen LogP contribution in [0.25, 0.3) is 0 Å². The molecule has 2 fully saturated rings. The Morgan fingerprint density at radius 2 is 1.61 bits per heavy atom. The number of ketones is 1. The maximum Gasteiger partial charge on any atom is 0.270 e. The van der Waals surface area contributed by atoms with Gasteiger partial charge in [0.05, 0.1) is 38.4 Å². The van der Waals surface area contributed by atoms with Crippen LogP contribution in [-0.2, 0) is 43.0 Å². The van der Waals surface area contributed by atoms with Gasteiger partial charge in [0.2, 0.25) is 11.8 Å². The highest BCUT2D eigenvalue weighted by Gasteiger charge is 2.66. The molecule has 0 aromatic carbocycles. The summed E-state index contributed by atoms with van der Waals surface area (Å²) in [4.78, 5) is 57.5. The van der Waals surface area contributed by atoms with Crippen LogP contribution in [0.5, 0.6) is 0 Å². The molecular weight excluding hydrogens is 500 g/mol. The summed E-state index contributed by atoms with van der Waals surface area (Å²) < 4.78 is 21.0. The summed E-state index contributed by atoms with van der Waals surface area (Å²) in [5.41, 5.74) is -1.33. The molecule has 0 bridgehead atoms. The van der Waals surface area contributed by atoms with Gasteiger partial charge in [-0.2, -0.15) is 0 Å². The van der Waals surface area contributed by atoms with Gasteiger partial charge in [-0.1, -0.05) is 19.0 Å². The van der Waals surface area contributed by atoms with Gasteiger partial charge in [-0.15, -0.1) is 0 Å². The van der Waals surface area contributed by atoms with E-state index < -0.39 is 47.0 Å². The average molecular weight is 541 g/mol. The fourth-order valence-electron chi connectivity index (χ4n) is 4.40. The lowest BCUT2D eigenvalue weighted by atomic mass is 9.93. The van der Waals surface area contributed by atoms with Crippen LogP contribution >= 0.6 is 0 Å². The third kappa shape index (κ3) is 7.07. The Bertz CT molecular complexity index is 936. The molecule has 6 atom stereocenters. The Morgan fingerprint density at radius 3 is 2.11 bits per heavy atom. The zero-order valence-electron chi connectivity index (χ0n) is 23.0. The Hall–Kier alpha value is -2.61. The van der Waals surface area contributed by atoms with Gasteiger partial charge in [0.25, 0.3) is 5.91 Å². The molecule has 3 N–H and O–H groups in total. The van der Waals surface area contributed by atoms with Crippen molar-refractivity contribution in [2.24, 2.45) is 17.0 Å². The van der Waals surface area contributed by atoms with Crippen molar-refractivity contribution in [1.29, 1.82) is 0 Å². The highest BCUT2D eigenvalue weighted by Crippen LogP contribution is 2.52. The number of rotatable bonds is 17. The van der Waals surface area contributed by atoms with Crippen molar-refractivity contribution in [2.75, 3.05) is 47.3 Å². The molecule has 2 aliphatic heterocycles. The van der Waals surface area contributed by atoms with E-state index in [0.717, 1.165) is 0 Å². The number of nitrogens with one attached hydrogen (secondary N) is 3. The molecule has 1 aliphatic carbocycles. The van der Waals surface area contributed by atoms with Gasteiger partial charge in [0, 0.05) is 27.2 Å². The molecule has 3 aliphatic rings. The number of nitrogens with zero attached hydrogens (tertiary/aromatic N) is 1. The van der Waals surface area contributed by atoms with Crippen LogP contribution in [0.15, 0.2) is 5.16 Å². The van der Waals surface area contributed by atoms with E-state index in [9.17, 15) is 19.2 Å². The molecule has 0 aromatic rings. The predicted molar refractivity (Wildman–Crippen MR) is 134 cm³/mol. The van der Waals surface area contributed by atoms with Gasteiger partial charge >= 0.3 is 0 Å². The van der Waals surface area contributed by atoms with Gasteiger partial charge in [-0.25, -0.2) is 0 Å². The molecule has 0 radical (unpaired) electrons. The number of hydrogen-bond acceptors (Lipinski definition) is 10. The summed E-state index contributed by atoms with van der Waals surface area (Å²) in [6, 6.07) is -3.01. The van der Waals surface area contributed by atoms with E-state index in [1.54, 1.807) is 6.92 Å². The number of Topliss-reactive ketones (excluding diaryl/α,β-unsaturated/α-hetero) is 1. The Morgan fingerprint density at radius 1 is 1.03 bits per heavy atom. The van der Waals surface area contributed by atoms with Gasteiger partial charge in [-0.3, -0.25) is 19.2 Å². The lowest BCUT2D eigenvalue weighted by molar-refractivity contribution is -0.135. The topological polar surface area (TPSA) is 166 Å². The monoisotopic (exact) mass is 540 g/mol. The molecule has 13 nitrogen and oxygen atoms in total. The lowest BCUT2D eigenvalue weighted by Gasteiger charge is -2.26. The predicted octanol–water partition coefficient (Wildman–Crippen LogP) is -0.681. The van der Waals surface area contributed by atoms with Gasteiger partial charge in [0.15, 0.2) is 17.1 Å². The number of ether oxygens (including phenoxy) is 4. The van der Waals surface area contributed by atoms with E-state index in [4.69, 9.17) is 23.8 Å². The van der Waals surface area contributed by atoms with E-state index in [1.165, 1.54) is 14.2 Å². The summed E-state index contributed by atoms with van der Waals surface area (Å²) in [5.74, 6) is -2.09. The summed E-state index contributed by atoms with van der Waals surface area (Å²) in [7, 11) is 2.78. The zero-order valence-corrected chi connectivity index (χ0v) is 23.0. The van der Waals surface area contributed by atoms with E-state index in [2.05, 4.69) is 21.1 Å². The first-order valence-corrected chi connectivity index (χ1v) is 12.9. The Balaban J connectivity index is 1.62. The number of amides is 3. The second-order valence-electron chi connectivity index (χ2n) is 10.6. The largest absolute Gasteiger partial charge is 0.386 e. The number of fused-ring (bicyclic) bond motifs is 1. The average Bonchev–Trinajstić information content (AvgIpc) is 3.76. The highest BCUT2D eigenvalue weighted by atomic mass is 16.7. The standard InChI is InChI=1S/C25H40N4O9/c1-7-36-13-25-9-15(25)19(29-38-25)23(33)28-18(11-35-6)22(32)27-17(10-34-5)21(31)26-16(8-14(2)3)20(30)24(4)12-37-24/h14-18H,7-13H2,1-6H3,(H,26,31)(H,27,32)(H,28,33). The SMILES string of the molecule is CCOCC12CC1C(C(=O)NC(COC)C(=O)NC(COC)C(=O)NC(CC(C)C)C(=O)C1(C)CO1)=NO2. The Kier molecular flexibility index (Phi) is 9.85. The molecule has 1 saturated heterocycles. The van der Waals surface area contributed by atoms with Crippen molar-refractivity contribution in [2.45, 2.75) is 69.9 Å². The number of epoxide rings is 1. The Labute approximate surface area is 222 Å². The lowest BCUT2D eigenvalue weighted by Crippen LogP contribution is -2.59. The van der Waals surface area contributed by atoms with Crippen LogP contribution in [0, 0.1) is 11.8 Å². The number of oxime groups is 1. The zero-order chi connectivity index (χ0) is 28.1. The minimum atomic E-state index is -1.12. The molecular formula is C25H40N4O9. The van der Waals surface area contributed by atoms with Crippen LogP contribution in [0.3, 0.4) is 0 Å². The summed E-state index contributed by atoms with van der Waals surface area (Å²) in [6.07, 6.45) is 1.02. The van der Waals surface area contributed by atoms with Gasteiger partial charge in [0.1, 0.15) is 17.7 Å². The molecule has 214 valence electrons. The van der Waals surface area contributed by atoms with Crippen molar-refractivity contribution in [1.82, 2.24) is 16.0 Å². The second-order valence-corrected chi connectivity index (χ2v) is 10.6. The number of methoxy groups -OCH3 is 2. The minimum absolute atomic E-state index is 0.129. The molecule has 3 rings (SSSR count). The first-order chi connectivity index (χ1) is 18.0. The number of hydrogen-bond donors (Lipinski definition) is 3. The van der Waals surface area contributed by atoms with E-state index >= 15 is 0 Å². The van der Waals surface area contributed by atoms with Crippen LogP contribution in [0.1, 0.15) is 40.5 Å². The van der Waals surface area contributed by atoms with E-state index in [1.807, 2.05) is 20.8 Å². The van der Waals surface area contributed by atoms with Gasteiger partial charge in [-0.05, 0) is 26.2 Å². The molecule has 13 heteroatoms. The normalized spacial score (nSPS) is 27.3. The van der Waals surface area contributed by atoms with Crippen molar-refractivity contribution < 1.29 is 43.0 Å². The van der Waals surface area contributed by atoms with Crippen LogP contribution in [0.2, 0.25) is 0 Å². The van der Waals surface area contributed by atoms with Crippen molar-refractivity contribution in [3.8, 4) is 0 Å². The van der Waals surface area contributed by atoms with Crippen LogP contribution < -0.4 is 16.0 Å². The first-order valence-electron chi connectivity index (χ1n) is 12.9. The van der Waals surface area contributed by atoms with Crippen molar-refractivity contribution in [3.05, 3.63) is 0 Å². The highest BCUT2D eigenvalue weighted by molar-refractivity contribution is 6.41. The molecule has 1 saturated carbocycles. The summed E-state index contributed by atoms with van der Waals surface area (Å²) >= 11 is 0. The van der Waals surface area contributed by atoms with Crippen LogP contribution in [-0.4, -0.2) is 106 Å². The fraction of sp³-hybridized carbons (Fsp3) is 0.800. The van der Waals surface area contributed by atoms with Crippen LogP contribution in [0.4, 0.5) is 0 Å². The quantitative estimate of drug-likeness (QED) is 0.203. The second kappa shape index (κ2) is 12.5. The molecule has 0 spiro atoms. The van der Waals surface area contributed by atoms with Crippen molar-refractivity contribution in [3.63, 3.8) is 0 Å². The molecule has 0 aromatic heterocycles. The maximum absolute atomic E-state index is 13.1. The summed E-state index contributed by atoms with van der Waals surface area (Å²) in [5, 5.41) is 11.9. The molecule has 6 unspecified atom stereocenters. The fourth-order valence-corrected chi connectivity index (χ4v) is 4.40. The molecule has 2 heterocycles. The smallest absolute Gasteiger partial charge is 0.270 e. The number of carbonyl (C=O) groups excluding carboxylic acids is 4. The summed E-state index contributed by atoms with van der Waals surface area (Å²) in [6.45, 7) is 8.29. The number of carbonyl (C=O) groups is 4. The van der Waals surface area contributed by atoms with Crippen molar-refractivity contribution >= 4 is 29.2 Å². The maximum atomic E-state index is 13.1. The van der Waals surface area contributed by atoms with E-state index in [0.29, 0.717) is 32.7 Å². The first kappa shape index (κ1) is 29.9.